The maximum absolute atomic E-state index is 11.8. The molecule has 0 bridgehead atoms. The van der Waals surface area contributed by atoms with Crippen LogP contribution in [0.3, 0.4) is 0 Å². The van der Waals surface area contributed by atoms with E-state index in [1.54, 1.807) is 11.6 Å². The molecule has 0 amide bonds. The Morgan fingerprint density at radius 2 is 2.05 bits per heavy atom. The largest absolute Gasteiger partial charge is 0.481 e. The van der Waals surface area contributed by atoms with Gasteiger partial charge in [-0.05, 0) is 12.8 Å². The van der Waals surface area contributed by atoms with Gasteiger partial charge in [-0.2, -0.15) is 0 Å². The quantitative estimate of drug-likeness (QED) is 0.653. The average molecular weight is 289 g/mol. The molecular weight excluding hydrogens is 270 g/mol. The van der Waals surface area contributed by atoms with E-state index < -0.39 is 16.0 Å². The third kappa shape index (κ3) is 5.84. The van der Waals surface area contributed by atoms with Crippen LogP contribution in [0.1, 0.15) is 32.1 Å². The van der Waals surface area contributed by atoms with E-state index in [-0.39, 0.29) is 11.4 Å². The maximum atomic E-state index is 11.8. The fourth-order valence-electron chi connectivity index (χ4n) is 1.56. The first-order valence-corrected chi connectivity index (χ1v) is 7.59. The Labute approximate surface area is 112 Å². The zero-order valence-corrected chi connectivity index (χ0v) is 11.7. The van der Waals surface area contributed by atoms with Crippen LogP contribution in [0.2, 0.25) is 0 Å². The van der Waals surface area contributed by atoms with Gasteiger partial charge in [0.25, 0.3) is 10.0 Å². The fourth-order valence-corrected chi connectivity index (χ4v) is 2.61. The highest BCUT2D eigenvalue weighted by atomic mass is 32.2. The van der Waals surface area contributed by atoms with Crippen molar-refractivity contribution in [3.63, 3.8) is 0 Å². The summed E-state index contributed by atoms with van der Waals surface area (Å²) in [6, 6.07) is 0. The molecule has 8 heteroatoms. The van der Waals surface area contributed by atoms with Gasteiger partial charge >= 0.3 is 5.97 Å². The lowest BCUT2D eigenvalue weighted by Crippen LogP contribution is -2.25. The second-order valence-electron chi connectivity index (χ2n) is 4.33. The molecule has 1 heterocycles. The molecule has 0 saturated carbocycles. The molecule has 0 spiro atoms. The van der Waals surface area contributed by atoms with E-state index in [1.165, 1.54) is 12.5 Å². The van der Waals surface area contributed by atoms with Crippen molar-refractivity contribution in [1.82, 2.24) is 14.3 Å². The first kappa shape index (κ1) is 15.6. The average Bonchev–Trinajstić information content (AvgIpc) is 2.75. The predicted molar refractivity (Wildman–Crippen MR) is 69.1 cm³/mol. The third-order valence-corrected chi connectivity index (χ3v) is 3.91. The number of aliphatic carboxylic acids is 1. The topological polar surface area (TPSA) is 101 Å². The minimum absolute atomic E-state index is 0.0147. The third-order valence-electron chi connectivity index (χ3n) is 2.57. The van der Waals surface area contributed by atoms with E-state index in [1.807, 2.05) is 0 Å². The molecule has 2 N–H and O–H groups in total. The van der Waals surface area contributed by atoms with Crippen molar-refractivity contribution < 1.29 is 18.3 Å². The molecule has 0 aliphatic rings. The molecular formula is C11H19N3O4S. The molecule has 0 radical (unpaired) electrons. The lowest BCUT2D eigenvalue weighted by molar-refractivity contribution is -0.137. The minimum Gasteiger partial charge on any atom is -0.481 e. The number of rotatable bonds is 9. The first-order chi connectivity index (χ1) is 8.92. The second kappa shape index (κ2) is 7.25. The Hall–Kier alpha value is -1.41. The zero-order chi connectivity index (χ0) is 14.3. The number of aryl methyl sites for hydroxylation is 1. The van der Waals surface area contributed by atoms with Crippen molar-refractivity contribution in [2.75, 3.05) is 6.54 Å². The van der Waals surface area contributed by atoms with Gasteiger partial charge in [-0.25, -0.2) is 18.1 Å². The van der Waals surface area contributed by atoms with Gasteiger partial charge in [-0.15, -0.1) is 0 Å². The highest BCUT2D eigenvalue weighted by Crippen LogP contribution is 2.05. The molecule has 19 heavy (non-hydrogen) atoms. The Balaban J connectivity index is 2.20. The number of nitrogens with one attached hydrogen (secondary N) is 1. The second-order valence-corrected chi connectivity index (χ2v) is 6.05. The number of sulfonamides is 1. The number of carbonyl (C=O) groups is 1. The summed E-state index contributed by atoms with van der Waals surface area (Å²) in [6.45, 7) is 0.339. The van der Waals surface area contributed by atoms with Gasteiger partial charge in [0.1, 0.15) is 0 Å². The van der Waals surface area contributed by atoms with Crippen molar-refractivity contribution >= 4 is 16.0 Å². The summed E-state index contributed by atoms with van der Waals surface area (Å²) in [6.07, 6.45) is 5.94. The molecule has 0 atom stereocenters. The summed E-state index contributed by atoms with van der Waals surface area (Å²) in [7, 11) is -1.82. The molecule has 0 fully saturated rings. The summed E-state index contributed by atoms with van der Waals surface area (Å²) in [5.41, 5.74) is 0. The van der Waals surface area contributed by atoms with E-state index in [2.05, 4.69) is 9.71 Å². The summed E-state index contributed by atoms with van der Waals surface area (Å²) in [5, 5.41) is 8.47. The van der Waals surface area contributed by atoms with Crippen LogP contribution in [-0.4, -0.2) is 35.6 Å². The zero-order valence-electron chi connectivity index (χ0n) is 10.9. The van der Waals surface area contributed by atoms with Crippen LogP contribution in [0, 0.1) is 0 Å². The number of carboxylic acid groups (broad SMARTS) is 1. The number of unbranched alkanes of at least 4 members (excludes halogenated alkanes) is 3. The van der Waals surface area contributed by atoms with Gasteiger partial charge in [0.05, 0.1) is 6.33 Å². The molecule has 0 aliphatic carbocycles. The summed E-state index contributed by atoms with van der Waals surface area (Å²) in [5.74, 6) is -0.796. The van der Waals surface area contributed by atoms with Crippen molar-refractivity contribution in [3.05, 3.63) is 12.5 Å². The number of carboxylic acids is 1. The maximum Gasteiger partial charge on any atom is 0.303 e. The monoisotopic (exact) mass is 289 g/mol. The molecule has 0 aromatic carbocycles. The van der Waals surface area contributed by atoms with E-state index in [0.717, 1.165) is 12.8 Å². The number of aromatic nitrogens is 2. The molecule has 0 aliphatic heterocycles. The molecule has 7 nitrogen and oxygen atoms in total. The van der Waals surface area contributed by atoms with Gasteiger partial charge < -0.3 is 9.67 Å². The SMILES string of the molecule is Cn1cnc(S(=O)(=O)NCCCCCCC(=O)O)c1. The molecule has 0 unspecified atom stereocenters. The Kier molecular flexibility index (Phi) is 5.97. The lowest BCUT2D eigenvalue weighted by atomic mass is 10.1. The summed E-state index contributed by atoms with van der Waals surface area (Å²) < 4.78 is 27.6. The van der Waals surface area contributed by atoms with Crippen LogP contribution < -0.4 is 4.72 Å². The molecule has 1 rings (SSSR count). The van der Waals surface area contributed by atoms with Crippen molar-refractivity contribution in [3.8, 4) is 0 Å². The lowest BCUT2D eigenvalue weighted by Gasteiger charge is -2.03. The first-order valence-electron chi connectivity index (χ1n) is 6.11. The summed E-state index contributed by atoms with van der Waals surface area (Å²) >= 11 is 0. The van der Waals surface area contributed by atoms with Gasteiger partial charge in [0, 0.05) is 26.2 Å². The van der Waals surface area contributed by atoms with Crippen LogP contribution in [0.15, 0.2) is 17.6 Å². The van der Waals surface area contributed by atoms with E-state index in [9.17, 15) is 13.2 Å². The van der Waals surface area contributed by atoms with Crippen LogP contribution in [-0.2, 0) is 21.9 Å². The molecule has 0 saturated heterocycles. The van der Waals surface area contributed by atoms with Crippen LogP contribution in [0.5, 0.6) is 0 Å². The predicted octanol–water partition coefficient (Wildman–Crippen LogP) is 0.733. The summed E-state index contributed by atoms with van der Waals surface area (Å²) in [4.78, 5) is 14.1. The fraction of sp³-hybridized carbons (Fsp3) is 0.636. The molecule has 108 valence electrons. The minimum atomic E-state index is -3.52. The van der Waals surface area contributed by atoms with Crippen molar-refractivity contribution in [2.45, 2.75) is 37.1 Å². The number of hydrogen-bond acceptors (Lipinski definition) is 4. The van der Waals surface area contributed by atoms with E-state index >= 15 is 0 Å². The van der Waals surface area contributed by atoms with Gasteiger partial charge in [0.15, 0.2) is 5.03 Å². The van der Waals surface area contributed by atoms with E-state index in [0.29, 0.717) is 19.4 Å². The van der Waals surface area contributed by atoms with Crippen LogP contribution >= 0.6 is 0 Å². The standard InChI is InChI=1S/C11H19N3O4S/c1-14-8-10(12-9-14)19(17,18)13-7-5-3-2-4-6-11(15)16/h8-9,13H,2-7H2,1H3,(H,15,16). The highest BCUT2D eigenvalue weighted by Gasteiger charge is 2.15. The highest BCUT2D eigenvalue weighted by molar-refractivity contribution is 7.89. The Morgan fingerprint density at radius 1 is 1.37 bits per heavy atom. The van der Waals surface area contributed by atoms with Gasteiger partial charge in [-0.3, -0.25) is 4.79 Å². The number of nitrogens with zero attached hydrogens (tertiary/aromatic N) is 2. The van der Waals surface area contributed by atoms with Gasteiger partial charge in [0.2, 0.25) is 0 Å². The number of imidazole rings is 1. The Morgan fingerprint density at radius 3 is 2.63 bits per heavy atom. The van der Waals surface area contributed by atoms with Crippen molar-refractivity contribution in [2.24, 2.45) is 7.05 Å². The van der Waals surface area contributed by atoms with Crippen molar-refractivity contribution in [1.29, 1.82) is 0 Å². The smallest absolute Gasteiger partial charge is 0.303 e. The Bertz CT molecular complexity index is 510. The van der Waals surface area contributed by atoms with Crippen LogP contribution in [0.25, 0.3) is 0 Å². The molecule has 1 aromatic heterocycles. The van der Waals surface area contributed by atoms with Gasteiger partial charge in [-0.1, -0.05) is 12.8 Å². The normalized spacial score (nSPS) is 11.6. The van der Waals surface area contributed by atoms with E-state index in [4.69, 9.17) is 5.11 Å². The number of hydrogen-bond donors (Lipinski definition) is 2. The van der Waals surface area contributed by atoms with Crippen LogP contribution in [0.4, 0.5) is 0 Å². The molecule has 1 aromatic rings.